The first-order chi connectivity index (χ1) is 15.6. The summed E-state index contributed by atoms with van der Waals surface area (Å²) in [7, 11) is 1.64. The molecule has 4 aromatic rings. The molecule has 0 amide bonds. The molecule has 0 radical (unpaired) electrons. The van der Waals surface area contributed by atoms with Gasteiger partial charge in [0.05, 0.1) is 18.1 Å². The minimum Gasteiger partial charge on any atom is -0.496 e. The largest absolute Gasteiger partial charge is 0.496 e. The van der Waals surface area contributed by atoms with E-state index in [1.165, 1.54) is 21.8 Å². The zero-order chi connectivity index (χ0) is 23.5. The van der Waals surface area contributed by atoms with Crippen LogP contribution < -0.4 is 4.74 Å². The summed E-state index contributed by atoms with van der Waals surface area (Å²) < 4.78 is 7.33. The normalized spacial score (nSPS) is 11.0. The molecule has 1 aromatic heterocycles. The fourth-order valence-corrected chi connectivity index (χ4v) is 3.65. The zero-order valence-corrected chi connectivity index (χ0v) is 20.4. The van der Waals surface area contributed by atoms with Crippen LogP contribution in [0.25, 0.3) is 27.5 Å². The molecule has 0 spiro atoms. The second kappa shape index (κ2) is 12.6. The van der Waals surface area contributed by atoms with Crippen molar-refractivity contribution in [3.05, 3.63) is 108 Å². The maximum absolute atomic E-state index is 5.72. The van der Waals surface area contributed by atoms with Gasteiger partial charge in [-0.25, -0.2) is 0 Å². The Hall–Kier alpha value is -3.23. The van der Waals surface area contributed by atoms with Crippen molar-refractivity contribution in [1.82, 2.24) is 4.57 Å². The Balaban J connectivity index is 0.000000255. The average Bonchev–Trinajstić information content (AvgIpc) is 3.17. The number of rotatable bonds is 4. The third-order valence-corrected chi connectivity index (χ3v) is 5.07. The number of aryl methyl sites for hydroxylation is 1. The summed E-state index contributed by atoms with van der Waals surface area (Å²) in [5.74, 6) is 0.840. The first-order valence-corrected chi connectivity index (χ1v) is 11.2. The Morgan fingerprint density at radius 3 is 1.97 bits per heavy atom. The van der Waals surface area contributed by atoms with E-state index in [-0.39, 0.29) is 0 Å². The summed E-state index contributed by atoms with van der Waals surface area (Å²) in [5.41, 5.74) is 4.67. The topological polar surface area (TPSA) is 14.2 Å². The first kappa shape index (κ1) is 25.0. The van der Waals surface area contributed by atoms with E-state index < -0.39 is 0 Å². The lowest BCUT2D eigenvalue weighted by molar-refractivity contribution is 0.412. The van der Waals surface area contributed by atoms with Crippen molar-refractivity contribution in [2.45, 2.75) is 27.7 Å². The van der Waals surface area contributed by atoms with Gasteiger partial charge in [-0.05, 0) is 55.8 Å². The molecule has 0 saturated carbocycles. The highest BCUT2D eigenvalue weighted by Crippen LogP contribution is 2.31. The van der Waals surface area contributed by atoms with Crippen molar-refractivity contribution >= 4 is 39.1 Å². The molecule has 0 aliphatic carbocycles. The Bertz CT molecular complexity index is 1180. The summed E-state index contributed by atoms with van der Waals surface area (Å²) in [4.78, 5) is 0. The van der Waals surface area contributed by atoms with Crippen molar-refractivity contribution in [3.8, 4) is 5.75 Å². The number of halogens is 1. The molecule has 4 rings (SSSR count). The van der Waals surface area contributed by atoms with Crippen LogP contribution in [0.1, 0.15) is 26.3 Å². The predicted molar refractivity (Wildman–Crippen MR) is 143 cm³/mol. The van der Waals surface area contributed by atoms with E-state index in [1.54, 1.807) is 13.2 Å². The molecule has 0 saturated heterocycles. The van der Waals surface area contributed by atoms with E-state index in [0.717, 1.165) is 17.0 Å². The van der Waals surface area contributed by atoms with E-state index in [1.807, 2.05) is 52.0 Å². The second-order valence-electron chi connectivity index (χ2n) is 6.81. The molecule has 166 valence electrons. The van der Waals surface area contributed by atoms with Crippen molar-refractivity contribution in [2.75, 3.05) is 7.11 Å². The smallest absolute Gasteiger partial charge is 0.123 e. The van der Waals surface area contributed by atoms with Gasteiger partial charge in [0.2, 0.25) is 0 Å². The monoisotopic (exact) mass is 445 g/mol. The predicted octanol–water partition coefficient (Wildman–Crippen LogP) is 9.08. The van der Waals surface area contributed by atoms with Gasteiger partial charge in [-0.15, -0.1) is 0 Å². The highest BCUT2D eigenvalue weighted by molar-refractivity contribution is 6.30. The molecular formula is C29H32ClNO. The van der Waals surface area contributed by atoms with Crippen molar-refractivity contribution in [1.29, 1.82) is 0 Å². The number of ether oxygens (including phenoxy) is 1. The van der Waals surface area contributed by atoms with Crippen LogP contribution >= 0.6 is 11.6 Å². The number of nitrogens with zero attached hydrogens (tertiary/aromatic N) is 1. The fourth-order valence-electron chi connectivity index (χ4n) is 3.49. The van der Waals surface area contributed by atoms with E-state index in [9.17, 15) is 0 Å². The van der Waals surface area contributed by atoms with Crippen LogP contribution in [0.15, 0.2) is 97.6 Å². The van der Waals surface area contributed by atoms with E-state index in [4.69, 9.17) is 16.3 Å². The maximum Gasteiger partial charge on any atom is 0.123 e. The Labute approximate surface area is 197 Å². The van der Waals surface area contributed by atoms with Crippen LogP contribution in [0.2, 0.25) is 5.02 Å². The third-order valence-electron chi connectivity index (χ3n) is 4.83. The summed E-state index contributed by atoms with van der Waals surface area (Å²) in [6.07, 6.45) is 8.04. The van der Waals surface area contributed by atoms with Gasteiger partial charge >= 0.3 is 0 Å². The summed E-state index contributed by atoms with van der Waals surface area (Å²) in [5, 5.41) is 3.27. The lowest BCUT2D eigenvalue weighted by atomic mass is 10.2. The maximum atomic E-state index is 5.72. The molecule has 3 aromatic carbocycles. The lowest BCUT2D eigenvalue weighted by Gasteiger charge is -2.08. The van der Waals surface area contributed by atoms with Crippen LogP contribution in [0, 0.1) is 6.92 Å². The first-order valence-electron chi connectivity index (χ1n) is 10.8. The lowest BCUT2D eigenvalue weighted by Crippen LogP contribution is -1.93. The summed E-state index contributed by atoms with van der Waals surface area (Å²) in [6.45, 7) is 11.8. The van der Waals surface area contributed by atoms with Crippen molar-refractivity contribution in [3.63, 3.8) is 0 Å². The fraction of sp³-hybridized carbons (Fsp3) is 0.172. The van der Waals surface area contributed by atoms with Gasteiger partial charge in [0.15, 0.2) is 0 Å². The molecule has 32 heavy (non-hydrogen) atoms. The van der Waals surface area contributed by atoms with Crippen LogP contribution in [-0.2, 0) is 0 Å². The molecule has 3 heteroatoms. The Morgan fingerprint density at radius 2 is 1.50 bits per heavy atom. The van der Waals surface area contributed by atoms with Gasteiger partial charge in [-0.3, -0.25) is 0 Å². The second-order valence-corrected chi connectivity index (χ2v) is 7.25. The molecule has 2 nitrogen and oxygen atoms in total. The SMILES string of the molecule is C=C/C=C(\C=C/C)n1c2ccccc2c2ccccc21.CC.COc1cc(Cl)ccc1C. The van der Waals surface area contributed by atoms with Crippen LogP contribution in [0.5, 0.6) is 5.75 Å². The quantitative estimate of drug-likeness (QED) is 0.285. The molecule has 0 aliphatic rings. The number of aromatic nitrogens is 1. The van der Waals surface area contributed by atoms with Gasteiger partial charge in [-0.2, -0.15) is 0 Å². The van der Waals surface area contributed by atoms with Gasteiger partial charge in [0.1, 0.15) is 5.75 Å². The average molecular weight is 446 g/mol. The number of allylic oxidation sites excluding steroid dienone is 5. The molecule has 0 atom stereocenters. The van der Waals surface area contributed by atoms with Gasteiger partial charge in [0.25, 0.3) is 0 Å². The zero-order valence-electron chi connectivity index (χ0n) is 19.6. The van der Waals surface area contributed by atoms with Crippen LogP contribution in [0.4, 0.5) is 0 Å². The highest BCUT2D eigenvalue weighted by Gasteiger charge is 2.10. The van der Waals surface area contributed by atoms with Gasteiger partial charge in [-0.1, -0.05) is 86.6 Å². The summed E-state index contributed by atoms with van der Waals surface area (Å²) >= 11 is 5.72. The van der Waals surface area contributed by atoms with Crippen molar-refractivity contribution < 1.29 is 4.74 Å². The molecule has 0 bridgehead atoms. The number of benzene rings is 3. The van der Waals surface area contributed by atoms with Crippen molar-refractivity contribution in [2.24, 2.45) is 0 Å². The van der Waals surface area contributed by atoms with Crippen LogP contribution in [-0.4, -0.2) is 11.7 Å². The Kier molecular flexibility index (Phi) is 9.84. The minimum absolute atomic E-state index is 0.711. The number of para-hydroxylation sites is 2. The minimum atomic E-state index is 0.711. The number of methoxy groups -OCH3 is 1. The van der Waals surface area contributed by atoms with Crippen LogP contribution in [0.3, 0.4) is 0 Å². The van der Waals surface area contributed by atoms with E-state index in [2.05, 4.69) is 71.8 Å². The standard InChI is InChI=1S/C19H17N.C8H9ClO.C2H6/c1-3-9-15(10-4-2)20-18-13-7-5-11-16(18)17-12-6-8-14-19(17)20;1-6-3-4-7(9)5-8(6)10-2;1-2/h3-14H,1H2,2H3;3-5H,1-2H3;1-2H3/b10-4-,15-9+;;. The third kappa shape index (κ3) is 5.72. The number of hydrogen-bond donors (Lipinski definition) is 0. The molecule has 1 heterocycles. The number of fused-ring (bicyclic) bond motifs is 3. The number of hydrogen-bond acceptors (Lipinski definition) is 1. The van der Waals surface area contributed by atoms with E-state index in [0.29, 0.717) is 5.02 Å². The summed E-state index contributed by atoms with van der Waals surface area (Å²) in [6, 6.07) is 22.6. The Morgan fingerprint density at radius 1 is 0.938 bits per heavy atom. The molecule has 0 unspecified atom stereocenters. The van der Waals surface area contributed by atoms with E-state index >= 15 is 0 Å². The molecule has 0 aliphatic heterocycles. The molecular weight excluding hydrogens is 414 g/mol. The van der Waals surface area contributed by atoms with Gasteiger partial charge < -0.3 is 9.30 Å². The van der Waals surface area contributed by atoms with Gasteiger partial charge in [0, 0.05) is 21.5 Å². The molecule has 0 N–H and O–H groups in total. The highest BCUT2D eigenvalue weighted by atomic mass is 35.5. The molecule has 0 fully saturated rings.